The van der Waals surface area contributed by atoms with Gasteiger partial charge in [-0.1, -0.05) is 6.92 Å². The molecule has 1 aromatic rings. The largest absolute Gasteiger partial charge is 0.435 e. The molecule has 1 aromatic heterocycles. The predicted molar refractivity (Wildman–Crippen MR) is 79.7 cm³/mol. The number of hydrogen-bond donors (Lipinski definition) is 1. The molecular formula is C14H20F3N3OS. The van der Waals surface area contributed by atoms with Crippen molar-refractivity contribution in [2.45, 2.75) is 31.9 Å². The van der Waals surface area contributed by atoms with Gasteiger partial charge >= 0.3 is 6.18 Å². The maximum atomic E-state index is 12.6. The zero-order valence-corrected chi connectivity index (χ0v) is 13.4. The maximum absolute atomic E-state index is 12.6. The Labute approximate surface area is 131 Å². The molecule has 2 atom stereocenters. The molecule has 0 aromatic carbocycles. The van der Waals surface area contributed by atoms with Crippen molar-refractivity contribution < 1.29 is 18.0 Å². The second-order valence-electron chi connectivity index (χ2n) is 5.69. The highest BCUT2D eigenvalue weighted by Gasteiger charge is 2.35. The molecule has 2 heterocycles. The van der Waals surface area contributed by atoms with E-state index in [0.717, 1.165) is 24.7 Å². The van der Waals surface area contributed by atoms with Crippen LogP contribution >= 0.6 is 11.8 Å². The molecule has 1 N–H and O–H groups in total. The molecule has 2 rings (SSSR count). The lowest BCUT2D eigenvalue weighted by molar-refractivity contribution is -0.141. The molecule has 0 spiro atoms. The Morgan fingerprint density at radius 1 is 1.59 bits per heavy atom. The Balaban J connectivity index is 2.04. The minimum Gasteiger partial charge on any atom is -0.342 e. The predicted octanol–water partition coefficient (Wildman–Crippen LogP) is 3.13. The summed E-state index contributed by atoms with van der Waals surface area (Å²) in [7, 11) is 0. The summed E-state index contributed by atoms with van der Waals surface area (Å²) in [5, 5.41) is 5.82. The number of thioether (sulfide) groups is 1. The van der Waals surface area contributed by atoms with Gasteiger partial charge in [-0.3, -0.25) is 9.89 Å². The number of aromatic nitrogens is 2. The van der Waals surface area contributed by atoms with E-state index in [2.05, 4.69) is 10.2 Å². The topological polar surface area (TPSA) is 49.0 Å². The molecule has 0 radical (unpaired) electrons. The monoisotopic (exact) mass is 335 g/mol. The number of hydrogen-bond acceptors (Lipinski definition) is 3. The van der Waals surface area contributed by atoms with Crippen molar-refractivity contribution in [3.8, 4) is 0 Å². The van der Waals surface area contributed by atoms with Crippen molar-refractivity contribution in [3.63, 3.8) is 0 Å². The van der Waals surface area contributed by atoms with Gasteiger partial charge in [0.1, 0.15) is 0 Å². The average Bonchev–Trinajstić information content (AvgIpc) is 2.97. The fraction of sp³-hybridized carbons (Fsp3) is 0.714. The fourth-order valence-corrected chi connectivity index (χ4v) is 3.40. The first-order valence-electron chi connectivity index (χ1n) is 7.23. The van der Waals surface area contributed by atoms with E-state index < -0.39 is 11.9 Å². The van der Waals surface area contributed by atoms with E-state index in [0.29, 0.717) is 18.8 Å². The van der Waals surface area contributed by atoms with E-state index in [1.165, 1.54) is 0 Å². The Bertz CT molecular complexity index is 518. The number of nitrogens with one attached hydrogen (secondary N) is 1. The van der Waals surface area contributed by atoms with Crippen molar-refractivity contribution in [1.82, 2.24) is 15.1 Å². The van der Waals surface area contributed by atoms with Crippen molar-refractivity contribution in [2.24, 2.45) is 5.92 Å². The molecule has 1 amide bonds. The molecule has 1 aliphatic rings. The number of halogens is 3. The minimum atomic E-state index is -4.44. The lowest BCUT2D eigenvalue weighted by Gasteiger charge is -2.33. The second kappa shape index (κ2) is 6.93. The van der Waals surface area contributed by atoms with E-state index in [4.69, 9.17) is 0 Å². The first-order valence-corrected chi connectivity index (χ1v) is 8.62. The number of piperidine rings is 1. The number of carbonyl (C=O) groups is 1. The van der Waals surface area contributed by atoms with Gasteiger partial charge in [-0.05, 0) is 25.2 Å². The van der Waals surface area contributed by atoms with Crippen molar-refractivity contribution in [3.05, 3.63) is 17.5 Å². The Hall–Kier alpha value is -1.18. The fourth-order valence-electron chi connectivity index (χ4n) is 2.76. The Morgan fingerprint density at radius 3 is 2.91 bits per heavy atom. The van der Waals surface area contributed by atoms with Gasteiger partial charge in [0.2, 0.25) is 5.91 Å². The molecule has 0 aliphatic carbocycles. The number of aromatic amines is 1. The number of amides is 1. The van der Waals surface area contributed by atoms with Gasteiger partial charge in [-0.2, -0.15) is 30.0 Å². The van der Waals surface area contributed by atoms with Gasteiger partial charge in [-0.25, -0.2) is 0 Å². The molecule has 0 bridgehead atoms. The van der Waals surface area contributed by atoms with Gasteiger partial charge in [0.25, 0.3) is 0 Å². The summed E-state index contributed by atoms with van der Waals surface area (Å²) >= 11 is 1.62. The van der Waals surface area contributed by atoms with E-state index in [-0.39, 0.29) is 17.7 Å². The van der Waals surface area contributed by atoms with Gasteiger partial charge in [0.05, 0.1) is 0 Å². The third-order valence-corrected chi connectivity index (χ3v) is 4.73. The summed E-state index contributed by atoms with van der Waals surface area (Å²) in [4.78, 5) is 14.1. The van der Waals surface area contributed by atoms with E-state index >= 15 is 0 Å². The Kier molecular flexibility index (Phi) is 5.41. The molecule has 1 fully saturated rings. The number of H-pyrrole nitrogens is 1. The van der Waals surface area contributed by atoms with Crippen LogP contribution in [0.1, 0.15) is 37.1 Å². The number of rotatable bonds is 4. The van der Waals surface area contributed by atoms with Crippen LogP contribution in [0.5, 0.6) is 0 Å². The average molecular weight is 335 g/mol. The van der Waals surface area contributed by atoms with E-state index in [1.807, 2.05) is 13.2 Å². The molecule has 4 nitrogen and oxygen atoms in total. The molecule has 1 aliphatic heterocycles. The lowest BCUT2D eigenvalue weighted by atomic mass is 9.94. The zero-order chi connectivity index (χ0) is 16.3. The molecule has 22 heavy (non-hydrogen) atoms. The van der Waals surface area contributed by atoms with Crippen LogP contribution in [0.3, 0.4) is 0 Å². The van der Waals surface area contributed by atoms with Crippen molar-refractivity contribution in [1.29, 1.82) is 0 Å². The zero-order valence-electron chi connectivity index (χ0n) is 12.6. The van der Waals surface area contributed by atoms with Gasteiger partial charge < -0.3 is 4.90 Å². The van der Waals surface area contributed by atoms with Gasteiger partial charge in [-0.15, -0.1) is 0 Å². The molecule has 8 heteroatoms. The number of carbonyl (C=O) groups excluding carboxylic acids is 1. The first-order chi connectivity index (χ1) is 10.3. The standard InChI is InChI=1S/C14H20F3N3OS/c1-9(8-22-2)13(21)20-5-3-4-10(7-20)11-6-12(19-18-11)14(15,16)17/h6,9-10H,3-5,7-8H2,1-2H3,(H,18,19)/t9-,10+/m0/s1. The minimum absolute atomic E-state index is 0.0683. The SMILES string of the molecule is CSC[C@H](C)C(=O)N1CCC[C@@H](c2cc(C(F)(F)F)n[nH]2)C1. The third-order valence-electron chi connectivity index (χ3n) is 3.90. The highest BCUT2D eigenvalue weighted by molar-refractivity contribution is 7.98. The summed E-state index contributed by atoms with van der Waals surface area (Å²) in [6, 6.07) is 1.06. The van der Waals surface area contributed by atoms with Crippen LogP contribution in [0.25, 0.3) is 0 Å². The van der Waals surface area contributed by atoms with Crippen LogP contribution in [0.4, 0.5) is 13.2 Å². The van der Waals surface area contributed by atoms with Crippen LogP contribution in [0.2, 0.25) is 0 Å². The van der Waals surface area contributed by atoms with Crippen LogP contribution in [0, 0.1) is 5.92 Å². The van der Waals surface area contributed by atoms with Gasteiger partial charge in [0.15, 0.2) is 5.69 Å². The van der Waals surface area contributed by atoms with Crippen LogP contribution in [0.15, 0.2) is 6.07 Å². The third kappa shape index (κ3) is 3.97. The summed E-state index contributed by atoms with van der Waals surface area (Å²) in [6.45, 7) is 3.02. The molecule has 0 saturated carbocycles. The highest BCUT2D eigenvalue weighted by atomic mass is 32.2. The smallest absolute Gasteiger partial charge is 0.342 e. The summed E-state index contributed by atoms with van der Waals surface area (Å²) in [5.74, 6) is 0.654. The highest BCUT2D eigenvalue weighted by Crippen LogP contribution is 2.32. The normalized spacial score (nSPS) is 21.0. The molecule has 124 valence electrons. The maximum Gasteiger partial charge on any atom is 0.435 e. The molecular weight excluding hydrogens is 315 g/mol. The van der Waals surface area contributed by atoms with E-state index in [9.17, 15) is 18.0 Å². The molecule has 1 saturated heterocycles. The number of nitrogens with zero attached hydrogens (tertiary/aromatic N) is 2. The molecule has 0 unspecified atom stereocenters. The first kappa shape index (κ1) is 17.2. The van der Waals surface area contributed by atoms with Crippen molar-refractivity contribution in [2.75, 3.05) is 25.1 Å². The van der Waals surface area contributed by atoms with E-state index in [1.54, 1.807) is 16.7 Å². The lowest BCUT2D eigenvalue weighted by Crippen LogP contribution is -2.42. The van der Waals surface area contributed by atoms with Crippen molar-refractivity contribution >= 4 is 17.7 Å². The number of alkyl halides is 3. The van der Waals surface area contributed by atoms with Gasteiger partial charge in [0, 0.05) is 36.4 Å². The Morgan fingerprint density at radius 2 is 2.32 bits per heavy atom. The van der Waals surface area contributed by atoms with Crippen LogP contribution in [-0.4, -0.2) is 46.1 Å². The summed E-state index contributed by atoms with van der Waals surface area (Å²) in [6.07, 6.45) is -0.930. The van der Waals surface area contributed by atoms with Crippen LogP contribution in [-0.2, 0) is 11.0 Å². The summed E-state index contributed by atoms with van der Waals surface area (Å²) in [5.41, 5.74) is -0.441. The second-order valence-corrected chi connectivity index (χ2v) is 6.60. The quantitative estimate of drug-likeness (QED) is 0.920. The van der Waals surface area contributed by atoms with Crippen LogP contribution < -0.4 is 0 Å². The summed E-state index contributed by atoms with van der Waals surface area (Å²) < 4.78 is 37.8. The number of likely N-dealkylation sites (tertiary alicyclic amines) is 1.